The predicted octanol–water partition coefficient (Wildman–Crippen LogP) is 4.03. The van der Waals surface area contributed by atoms with Crippen molar-refractivity contribution in [3.63, 3.8) is 0 Å². The lowest BCUT2D eigenvalue weighted by Crippen LogP contribution is -2.63. The first kappa shape index (κ1) is 34.7. The lowest BCUT2D eigenvalue weighted by Gasteiger charge is -2.61. The van der Waals surface area contributed by atoms with E-state index in [1.165, 1.54) is 0 Å². The maximum atomic E-state index is 13.7. The second-order valence-electron chi connectivity index (χ2n) is 18.0. The van der Waals surface area contributed by atoms with Crippen LogP contribution in [0.25, 0.3) is 0 Å². The number of hydrogen-bond acceptors (Lipinski definition) is 9. The van der Waals surface area contributed by atoms with Gasteiger partial charge in [0.05, 0.1) is 29.7 Å². The minimum Gasteiger partial charge on any atom is -0.396 e. The number of nitrogens with one attached hydrogen (secondary N) is 1. The summed E-state index contributed by atoms with van der Waals surface area (Å²) in [5, 5.41) is 49.6. The van der Waals surface area contributed by atoms with E-state index in [9.17, 15) is 25.2 Å². The van der Waals surface area contributed by atoms with E-state index in [1.807, 2.05) is 19.9 Å². The van der Waals surface area contributed by atoms with Crippen molar-refractivity contribution < 1.29 is 34.7 Å². The number of rotatable bonds is 8. The number of aliphatic hydroxyl groups excluding tert-OH is 2. The number of hydrogen-bond donors (Lipinski definition) is 6. The Labute approximate surface area is 286 Å². The number of ether oxygens (including phenoxy) is 2. The molecule has 5 fully saturated rings. The highest BCUT2D eigenvalue weighted by Gasteiger charge is 2.75. The van der Waals surface area contributed by atoms with Gasteiger partial charge in [-0.15, -0.1) is 0 Å². The Morgan fingerprint density at radius 2 is 1.85 bits per heavy atom. The van der Waals surface area contributed by atoms with Crippen molar-refractivity contribution in [2.24, 2.45) is 45.7 Å². The zero-order valence-electron chi connectivity index (χ0n) is 29.8. The molecule has 13 unspecified atom stereocenters. The highest BCUT2D eigenvalue weighted by molar-refractivity contribution is 5.95. The van der Waals surface area contributed by atoms with Gasteiger partial charge in [-0.1, -0.05) is 33.8 Å². The smallest absolute Gasteiger partial charge is 0.159 e. The molecule has 0 aromatic heterocycles. The molecule has 3 aliphatic heterocycles. The lowest BCUT2D eigenvalue weighted by molar-refractivity contribution is -0.193. The average molecular weight is 669 g/mol. The fraction of sp³-hybridized carbons (Fsp3) is 0.821. The second kappa shape index (κ2) is 11.6. The fourth-order valence-electron chi connectivity index (χ4n) is 11.8. The average Bonchev–Trinajstić information content (AvgIpc) is 3.81. The van der Waals surface area contributed by atoms with Crippen molar-refractivity contribution >= 4 is 5.78 Å². The first-order chi connectivity index (χ1) is 22.5. The molecule has 2 saturated heterocycles. The molecule has 0 spiro atoms. The number of carbonyl (C=O) groups is 1. The van der Waals surface area contributed by atoms with Gasteiger partial charge in [0.25, 0.3) is 0 Å². The SMILES string of the molecule is CC1CCOC(C2OC2C(C)(O)C(C)(CO)CCC2=CCNC(N)=C2)(C2CCC3(O)C4=CC(=O)C5CC(O)CCC5(C)C4CCC23C)C1. The number of nitrogens with two attached hydrogens (primary N) is 1. The minimum absolute atomic E-state index is 0.0346. The standard InChI is InChI=1S/C39H60N2O7/c1-23-11-17-47-38(21-23,33-32(48-33)37(5,45)34(2,22-42)12-6-24-10-16-41-31(40)18-24)30-9-15-39(46)27-20-29(44)28-19-25(43)7-13-35(28,3)26(27)8-14-36(30,39)4/h10,18,20,23,25-26,28,30,32-33,41-43,45-46H,6-9,11-17,19,21-22,40H2,1-5H3. The van der Waals surface area contributed by atoms with E-state index in [4.69, 9.17) is 15.2 Å². The predicted molar refractivity (Wildman–Crippen MR) is 182 cm³/mol. The van der Waals surface area contributed by atoms with Crippen molar-refractivity contribution in [2.45, 2.75) is 140 Å². The largest absolute Gasteiger partial charge is 0.396 e. The molecule has 268 valence electrons. The summed E-state index contributed by atoms with van der Waals surface area (Å²) in [6.07, 6.45) is 12.4. The first-order valence-electron chi connectivity index (χ1n) is 18.7. The van der Waals surface area contributed by atoms with Crippen LogP contribution in [0.4, 0.5) is 0 Å². The van der Waals surface area contributed by atoms with Crippen molar-refractivity contribution in [2.75, 3.05) is 19.8 Å². The normalized spacial score (nSPS) is 48.0. The summed E-state index contributed by atoms with van der Waals surface area (Å²) in [6.45, 7) is 11.5. The maximum absolute atomic E-state index is 13.7. The number of aliphatic hydroxyl groups is 4. The molecule has 0 aromatic rings. The van der Waals surface area contributed by atoms with Crippen LogP contribution < -0.4 is 11.1 Å². The molecule has 7 N–H and O–H groups in total. The molecule has 3 saturated carbocycles. The van der Waals surface area contributed by atoms with Crippen LogP contribution in [-0.4, -0.2) is 81.1 Å². The molecular weight excluding hydrogens is 608 g/mol. The first-order valence-corrected chi connectivity index (χ1v) is 18.7. The molecule has 7 aliphatic rings. The Hall–Kier alpha value is -1.75. The lowest BCUT2D eigenvalue weighted by atomic mass is 9.45. The third-order valence-electron chi connectivity index (χ3n) is 15.4. The Morgan fingerprint density at radius 3 is 2.56 bits per heavy atom. The number of allylic oxidation sites excluding steroid dienone is 3. The van der Waals surface area contributed by atoms with Crippen LogP contribution in [0.1, 0.15) is 105 Å². The number of epoxide rings is 1. The zero-order chi connectivity index (χ0) is 34.5. The minimum atomic E-state index is -1.34. The summed E-state index contributed by atoms with van der Waals surface area (Å²) < 4.78 is 13.6. The van der Waals surface area contributed by atoms with Crippen LogP contribution >= 0.6 is 0 Å². The van der Waals surface area contributed by atoms with Gasteiger partial charge in [-0.3, -0.25) is 4.79 Å². The van der Waals surface area contributed by atoms with Crippen molar-refractivity contribution in [1.82, 2.24) is 5.32 Å². The second-order valence-corrected chi connectivity index (χ2v) is 18.0. The summed E-state index contributed by atoms with van der Waals surface area (Å²) in [5.41, 5.74) is 3.18. The van der Waals surface area contributed by atoms with Crippen LogP contribution in [-0.2, 0) is 14.3 Å². The number of dihydropyridines is 1. The van der Waals surface area contributed by atoms with Crippen LogP contribution in [0.2, 0.25) is 0 Å². The fourth-order valence-corrected chi connectivity index (χ4v) is 11.8. The van der Waals surface area contributed by atoms with E-state index in [-0.39, 0.29) is 41.7 Å². The topological polar surface area (TPSA) is 158 Å². The van der Waals surface area contributed by atoms with Crippen molar-refractivity contribution in [3.05, 3.63) is 35.2 Å². The molecule has 4 aliphatic carbocycles. The van der Waals surface area contributed by atoms with Gasteiger partial charge < -0.3 is 41.0 Å². The molecule has 0 aromatic carbocycles. The molecule has 9 nitrogen and oxygen atoms in total. The monoisotopic (exact) mass is 668 g/mol. The highest BCUT2D eigenvalue weighted by Crippen LogP contribution is 2.71. The van der Waals surface area contributed by atoms with Gasteiger partial charge in [0.1, 0.15) is 17.8 Å². The quantitative estimate of drug-likeness (QED) is 0.210. The van der Waals surface area contributed by atoms with Crippen molar-refractivity contribution in [3.8, 4) is 0 Å². The Morgan fingerprint density at radius 1 is 1.08 bits per heavy atom. The summed E-state index contributed by atoms with van der Waals surface area (Å²) in [7, 11) is 0. The molecule has 3 heterocycles. The van der Waals surface area contributed by atoms with Crippen LogP contribution in [0, 0.1) is 39.9 Å². The van der Waals surface area contributed by atoms with Gasteiger partial charge in [0, 0.05) is 29.9 Å². The van der Waals surface area contributed by atoms with Gasteiger partial charge in [-0.05, 0) is 124 Å². The van der Waals surface area contributed by atoms with E-state index in [1.54, 1.807) is 6.08 Å². The van der Waals surface area contributed by atoms with Crippen LogP contribution in [0.5, 0.6) is 0 Å². The Kier molecular flexibility index (Phi) is 8.41. The molecule has 9 heteroatoms. The summed E-state index contributed by atoms with van der Waals surface area (Å²) >= 11 is 0. The van der Waals surface area contributed by atoms with Gasteiger partial charge >= 0.3 is 0 Å². The van der Waals surface area contributed by atoms with Gasteiger partial charge in [-0.2, -0.15) is 0 Å². The number of ketones is 1. The van der Waals surface area contributed by atoms with Crippen molar-refractivity contribution in [1.29, 1.82) is 0 Å². The number of fused-ring (bicyclic) bond motifs is 5. The van der Waals surface area contributed by atoms with Gasteiger partial charge in [-0.25, -0.2) is 0 Å². The van der Waals surface area contributed by atoms with Crippen LogP contribution in [0.15, 0.2) is 35.2 Å². The third kappa shape index (κ3) is 4.95. The van der Waals surface area contributed by atoms with Gasteiger partial charge in [0.15, 0.2) is 5.78 Å². The number of carbonyl (C=O) groups excluding carboxylic acids is 1. The zero-order valence-corrected chi connectivity index (χ0v) is 29.8. The molecule has 0 amide bonds. The molecule has 13 atom stereocenters. The van der Waals surface area contributed by atoms with E-state index in [0.29, 0.717) is 57.0 Å². The summed E-state index contributed by atoms with van der Waals surface area (Å²) in [4.78, 5) is 13.7. The molecule has 0 radical (unpaired) electrons. The maximum Gasteiger partial charge on any atom is 0.159 e. The van der Waals surface area contributed by atoms with E-state index in [2.05, 4.69) is 32.2 Å². The highest BCUT2D eigenvalue weighted by atomic mass is 16.6. The Bertz CT molecular complexity index is 1410. The Balaban J connectivity index is 1.19. The van der Waals surface area contributed by atoms with E-state index >= 15 is 0 Å². The van der Waals surface area contributed by atoms with E-state index < -0.39 is 39.8 Å². The van der Waals surface area contributed by atoms with Gasteiger partial charge in [0.2, 0.25) is 0 Å². The summed E-state index contributed by atoms with van der Waals surface area (Å²) in [5.74, 6) is 0.955. The van der Waals surface area contributed by atoms with Crippen LogP contribution in [0.3, 0.4) is 0 Å². The molecule has 0 bridgehead atoms. The molecular formula is C39H60N2O7. The van der Waals surface area contributed by atoms with E-state index in [0.717, 1.165) is 49.7 Å². The summed E-state index contributed by atoms with van der Waals surface area (Å²) in [6, 6.07) is 0. The molecule has 48 heavy (non-hydrogen) atoms. The third-order valence-corrected chi connectivity index (χ3v) is 15.4. The molecule has 7 rings (SSSR count).